The molecule has 0 saturated carbocycles. The van der Waals surface area contributed by atoms with Gasteiger partial charge in [-0.05, 0) is 42.8 Å². The lowest BCUT2D eigenvalue weighted by molar-refractivity contribution is 0.0986. The Hall–Kier alpha value is -3.46. The molecule has 4 heterocycles. The Labute approximate surface area is 171 Å². The molecular formula is C21H20F2N6O. The van der Waals surface area contributed by atoms with Crippen molar-refractivity contribution in [2.45, 2.75) is 13.0 Å². The summed E-state index contributed by atoms with van der Waals surface area (Å²) in [5.74, 6) is -1.20. The number of fused-ring (bicyclic) bond motifs is 1. The van der Waals surface area contributed by atoms with Crippen molar-refractivity contribution in [1.82, 2.24) is 15.0 Å². The second-order valence-corrected chi connectivity index (χ2v) is 6.96. The van der Waals surface area contributed by atoms with Crippen LogP contribution in [0.4, 0.5) is 14.6 Å². The number of aromatic nitrogens is 3. The molecular weight excluding hydrogens is 390 g/mol. The van der Waals surface area contributed by atoms with Crippen LogP contribution in [0.5, 0.6) is 0 Å². The minimum atomic E-state index is -0.912. The van der Waals surface area contributed by atoms with Crippen LogP contribution in [0, 0.1) is 17.3 Å². The van der Waals surface area contributed by atoms with Crippen molar-refractivity contribution < 1.29 is 13.5 Å². The summed E-state index contributed by atoms with van der Waals surface area (Å²) in [5, 5.41) is 7.90. The van der Waals surface area contributed by atoms with E-state index in [1.165, 1.54) is 12.1 Å². The summed E-state index contributed by atoms with van der Waals surface area (Å²) >= 11 is 0. The van der Waals surface area contributed by atoms with Crippen molar-refractivity contribution in [2.75, 3.05) is 24.7 Å². The average Bonchev–Trinajstić information content (AvgIpc) is 2.73. The van der Waals surface area contributed by atoms with Crippen molar-refractivity contribution >= 4 is 28.6 Å². The topological polar surface area (TPSA) is 101 Å². The van der Waals surface area contributed by atoms with E-state index in [-0.39, 0.29) is 17.3 Å². The SMILES string of the molecule is CC1COCCN1c1cc(-c2ccc(F)nc2F)c2ccnc(/C(N)=C/C=N)c2n1. The third kappa shape index (κ3) is 3.59. The van der Waals surface area contributed by atoms with E-state index in [4.69, 9.17) is 20.9 Å². The molecule has 3 N–H and O–H groups in total. The van der Waals surface area contributed by atoms with E-state index >= 15 is 0 Å². The maximum absolute atomic E-state index is 14.6. The predicted octanol–water partition coefficient (Wildman–Crippen LogP) is 3.14. The summed E-state index contributed by atoms with van der Waals surface area (Å²) in [6.45, 7) is 3.71. The van der Waals surface area contributed by atoms with Gasteiger partial charge in [-0.1, -0.05) is 0 Å². The molecule has 0 aliphatic carbocycles. The number of rotatable bonds is 4. The van der Waals surface area contributed by atoms with Gasteiger partial charge in [0.25, 0.3) is 0 Å². The lowest BCUT2D eigenvalue weighted by atomic mass is 10.0. The lowest BCUT2D eigenvalue weighted by Gasteiger charge is -2.34. The van der Waals surface area contributed by atoms with Crippen LogP contribution in [0.2, 0.25) is 0 Å². The molecule has 3 aromatic rings. The van der Waals surface area contributed by atoms with E-state index in [0.717, 1.165) is 12.3 Å². The van der Waals surface area contributed by atoms with Crippen LogP contribution in [0.25, 0.3) is 27.7 Å². The molecule has 0 aromatic carbocycles. The van der Waals surface area contributed by atoms with E-state index in [0.29, 0.717) is 47.7 Å². The number of hydrogen-bond acceptors (Lipinski definition) is 7. The third-order valence-corrected chi connectivity index (χ3v) is 5.02. The Bertz CT molecular complexity index is 1150. The van der Waals surface area contributed by atoms with Gasteiger partial charge < -0.3 is 20.8 Å². The molecule has 3 aromatic heterocycles. The van der Waals surface area contributed by atoms with Crippen LogP contribution < -0.4 is 10.6 Å². The summed E-state index contributed by atoms with van der Waals surface area (Å²) in [6, 6.07) is 6.00. The predicted molar refractivity (Wildman–Crippen MR) is 111 cm³/mol. The summed E-state index contributed by atoms with van der Waals surface area (Å²) < 4.78 is 33.5. The number of morpholine rings is 1. The highest BCUT2D eigenvalue weighted by atomic mass is 19.1. The largest absolute Gasteiger partial charge is 0.397 e. The molecule has 1 fully saturated rings. The molecule has 0 amide bonds. The van der Waals surface area contributed by atoms with Crippen molar-refractivity contribution in [3.05, 3.63) is 54.1 Å². The summed E-state index contributed by atoms with van der Waals surface area (Å²) in [6.07, 6.45) is 4.01. The zero-order valence-corrected chi connectivity index (χ0v) is 16.3. The number of halogens is 2. The smallest absolute Gasteiger partial charge is 0.223 e. The Kier molecular flexibility index (Phi) is 5.37. The molecule has 4 rings (SSSR count). The zero-order valence-electron chi connectivity index (χ0n) is 16.3. The summed E-state index contributed by atoms with van der Waals surface area (Å²) in [4.78, 5) is 14.5. The Morgan fingerprint density at radius 3 is 2.83 bits per heavy atom. The number of allylic oxidation sites excluding steroid dienone is 1. The molecule has 30 heavy (non-hydrogen) atoms. The molecule has 1 aliphatic heterocycles. The van der Waals surface area contributed by atoms with Crippen LogP contribution in [-0.2, 0) is 4.74 Å². The van der Waals surface area contributed by atoms with Gasteiger partial charge in [-0.25, -0.2) is 4.98 Å². The number of nitrogens with zero attached hydrogens (tertiary/aromatic N) is 4. The van der Waals surface area contributed by atoms with Crippen LogP contribution in [0.3, 0.4) is 0 Å². The van der Waals surface area contributed by atoms with Gasteiger partial charge in [-0.15, -0.1) is 0 Å². The van der Waals surface area contributed by atoms with Gasteiger partial charge in [0.05, 0.1) is 25.0 Å². The first kappa shape index (κ1) is 19.8. The molecule has 1 unspecified atom stereocenters. The van der Waals surface area contributed by atoms with Gasteiger partial charge in [-0.3, -0.25) is 4.98 Å². The van der Waals surface area contributed by atoms with Gasteiger partial charge in [-0.2, -0.15) is 13.8 Å². The molecule has 1 saturated heterocycles. The maximum Gasteiger partial charge on any atom is 0.223 e. The van der Waals surface area contributed by atoms with E-state index < -0.39 is 11.9 Å². The zero-order chi connectivity index (χ0) is 21.3. The second kappa shape index (κ2) is 8.11. The van der Waals surface area contributed by atoms with Crippen LogP contribution in [0.1, 0.15) is 12.6 Å². The Morgan fingerprint density at radius 1 is 1.27 bits per heavy atom. The minimum absolute atomic E-state index is 0.0577. The van der Waals surface area contributed by atoms with E-state index in [1.807, 2.05) is 6.92 Å². The van der Waals surface area contributed by atoms with E-state index in [1.54, 1.807) is 18.3 Å². The van der Waals surface area contributed by atoms with Crippen molar-refractivity contribution in [1.29, 1.82) is 5.41 Å². The minimum Gasteiger partial charge on any atom is -0.397 e. The highest BCUT2D eigenvalue weighted by Crippen LogP contribution is 2.35. The molecule has 7 nitrogen and oxygen atoms in total. The van der Waals surface area contributed by atoms with Crippen molar-refractivity contribution in [3.8, 4) is 11.1 Å². The van der Waals surface area contributed by atoms with Gasteiger partial charge in [0, 0.05) is 29.9 Å². The van der Waals surface area contributed by atoms with Crippen molar-refractivity contribution in [3.63, 3.8) is 0 Å². The van der Waals surface area contributed by atoms with Crippen LogP contribution in [0.15, 0.2) is 36.5 Å². The van der Waals surface area contributed by atoms with Crippen molar-refractivity contribution in [2.24, 2.45) is 5.73 Å². The monoisotopic (exact) mass is 410 g/mol. The average molecular weight is 410 g/mol. The number of pyridine rings is 3. The van der Waals surface area contributed by atoms with Gasteiger partial charge in [0.1, 0.15) is 17.0 Å². The van der Waals surface area contributed by atoms with E-state index in [9.17, 15) is 8.78 Å². The first-order valence-corrected chi connectivity index (χ1v) is 9.42. The lowest BCUT2D eigenvalue weighted by Crippen LogP contribution is -2.44. The number of ether oxygens (including phenoxy) is 1. The standard InChI is InChI=1S/C21H20F2N6O/c1-12-11-30-9-8-29(12)18-10-15(14-2-3-17(22)27-21(14)23)13-5-7-26-20(19(13)28-18)16(25)4-6-24/h2-7,10,12,24H,8-9,11,25H2,1H3/b16-4-,24-6?. The second-order valence-electron chi connectivity index (χ2n) is 6.96. The summed E-state index contributed by atoms with van der Waals surface area (Å²) in [7, 11) is 0. The van der Waals surface area contributed by atoms with Gasteiger partial charge in [0.2, 0.25) is 11.9 Å². The fourth-order valence-corrected chi connectivity index (χ4v) is 3.57. The van der Waals surface area contributed by atoms with Gasteiger partial charge >= 0.3 is 0 Å². The molecule has 0 spiro atoms. The highest BCUT2D eigenvalue weighted by molar-refractivity contribution is 6.01. The first-order chi connectivity index (χ1) is 14.5. The molecule has 0 bridgehead atoms. The van der Waals surface area contributed by atoms with Crippen LogP contribution in [-0.4, -0.2) is 47.0 Å². The number of nitrogens with two attached hydrogens (primary N) is 1. The molecule has 154 valence electrons. The normalized spacial score (nSPS) is 17.4. The number of anilines is 1. The van der Waals surface area contributed by atoms with E-state index in [2.05, 4.69) is 14.9 Å². The molecule has 1 atom stereocenters. The first-order valence-electron chi connectivity index (χ1n) is 9.42. The summed E-state index contributed by atoms with van der Waals surface area (Å²) in [5.41, 5.74) is 7.87. The quantitative estimate of drug-likeness (QED) is 0.506. The molecule has 1 aliphatic rings. The molecule has 9 heteroatoms. The highest BCUT2D eigenvalue weighted by Gasteiger charge is 2.24. The maximum atomic E-state index is 14.6. The Morgan fingerprint density at radius 2 is 2.10 bits per heavy atom. The van der Waals surface area contributed by atoms with Crippen LogP contribution >= 0.6 is 0 Å². The Balaban J connectivity index is 2.02. The van der Waals surface area contributed by atoms with Gasteiger partial charge in [0.15, 0.2) is 0 Å². The fraction of sp³-hybridized carbons (Fsp3) is 0.238. The molecule has 0 radical (unpaired) electrons. The third-order valence-electron chi connectivity index (χ3n) is 5.02. The number of hydrogen-bond donors (Lipinski definition) is 2. The fourth-order valence-electron chi connectivity index (χ4n) is 3.57. The number of nitrogens with one attached hydrogen (secondary N) is 1.